The van der Waals surface area contributed by atoms with Crippen LogP contribution in [0.2, 0.25) is 0 Å². The van der Waals surface area contributed by atoms with E-state index in [4.69, 9.17) is 15.9 Å². The average molecular weight is 451 g/mol. The first-order valence-electron chi connectivity index (χ1n) is 9.66. The van der Waals surface area contributed by atoms with Crippen molar-refractivity contribution in [1.29, 1.82) is 5.41 Å². The Bertz CT molecular complexity index is 969. The van der Waals surface area contributed by atoms with Gasteiger partial charge in [-0.3, -0.25) is 5.41 Å². The number of aromatic nitrogens is 1. The number of nitrogen functional groups attached to an aromatic ring is 1. The number of nitrogens with one attached hydrogen (secondary N) is 3. The summed E-state index contributed by atoms with van der Waals surface area (Å²) in [6.07, 6.45) is 1.98. The third kappa shape index (κ3) is 5.46. The first-order valence-corrected chi connectivity index (χ1v) is 9.66. The molecule has 0 bridgehead atoms. The molecule has 1 saturated heterocycles. The summed E-state index contributed by atoms with van der Waals surface area (Å²) in [5, 5.41) is 21.9. The highest BCUT2D eigenvalue weighted by Gasteiger charge is 2.17. The summed E-state index contributed by atoms with van der Waals surface area (Å²) >= 11 is 0. The molecule has 0 saturated carbocycles. The molecular formula is C22H28Cl2N4O2. The van der Waals surface area contributed by atoms with E-state index in [0.29, 0.717) is 12.0 Å². The highest BCUT2D eigenvalue weighted by molar-refractivity contribution is 5.98. The number of benzene rings is 2. The van der Waals surface area contributed by atoms with Crippen molar-refractivity contribution in [2.45, 2.75) is 24.9 Å². The molecule has 8 heteroatoms. The van der Waals surface area contributed by atoms with Crippen molar-refractivity contribution in [2.75, 3.05) is 19.7 Å². The summed E-state index contributed by atoms with van der Waals surface area (Å²) in [6.45, 7) is 1.97. The van der Waals surface area contributed by atoms with Crippen LogP contribution in [0, 0.1) is 5.41 Å². The molecule has 1 aliphatic heterocycles. The highest BCUT2D eigenvalue weighted by atomic mass is 35.5. The van der Waals surface area contributed by atoms with Gasteiger partial charge in [-0.05, 0) is 54.6 Å². The second-order valence-corrected chi connectivity index (χ2v) is 7.40. The maximum atomic E-state index is 9.93. The Labute approximate surface area is 188 Å². The van der Waals surface area contributed by atoms with Crippen LogP contribution in [0.25, 0.3) is 10.9 Å². The van der Waals surface area contributed by atoms with E-state index in [9.17, 15) is 5.11 Å². The van der Waals surface area contributed by atoms with Gasteiger partial charge >= 0.3 is 0 Å². The summed E-state index contributed by atoms with van der Waals surface area (Å²) in [7, 11) is 0. The molecule has 2 heterocycles. The van der Waals surface area contributed by atoms with Crippen LogP contribution < -0.4 is 15.8 Å². The Hall–Kier alpha value is -2.25. The largest absolute Gasteiger partial charge is 0.489 e. The molecule has 30 heavy (non-hydrogen) atoms. The second-order valence-electron chi connectivity index (χ2n) is 7.40. The number of hydrogen-bond donors (Lipinski definition) is 5. The maximum absolute atomic E-state index is 9.93. The van der Waals surface area contributed by atoms with Gasteiger partial charge in [-0.25, -0.2) is 0 Å². The number of rotatable bonds is 7. The molecule has 2 atom stereocenters. The molecule has 1 unspecified atom stereocenters. The Kier molecular flexibility index (Phi) is 8.55. The molecule has 0 radical (unpaired) electrons. The predicted molar refractivity (Wildman–Crippen MR) is 126 cm³/mol. The summed E-state index contributed by atoms with van der Waals surface area (Å²) in [5.74, 6) is 0.932. The number of aromatic amines is 1. The van der Waals surface area contributed by atoms with Crippen molar-refractivity contribution in [3.63, 3.8) is 0 Å². The van der Waals surface area contributed by atoms with Crippen LogP contribution >= 0.6 is 24.8 Å². The van der Waals surface area contributed by atoms with Gasteiger partial charge in [0.2, 0.25) is 0 Å². The third-order valence-electron chi connectivity index (χ3n) is 5.35. The van der Waals surface area contributed by atoms with E-state index >= 15 is 0 Å². The molecule has 0 amide bonds. The maximum Gasteiger partial charge on any atom is 0.122 e. The third-order valence-corrected chi connectivity index (χ3v) is 5.35. The van der Waals surface area contributed by atoms with Crippen molar-refractivity contribution in [3.8, 4) is 5.75 Å². The van der Waals surface area contributed by atoms with E-state index in [-0.39, 0.29) is 49.3 Å². The van der Waals surface area contributed by atoms with E-state index in [1.54, 1.807) is 0 Å². The topological polar surface area (TPSA) is 107 Å². The van der Waals surface area contributed by atoms with Gasteiger partial charge in [0.25, 0.3) is 0 Å². The van der Waals surface area contributed by atoms with Crippen LogP contribution in [-0.2, 0) is 6.42 Å². The first kappa shape index (κ1) is 24.0. The fourth-order valence-corrected chi connectivity index (χ4v) is 3.76. The number of aliphatic hydroxyl groups excluding tert-OH is 1. The number of fused-ring (bicyclic) bond motifs is 1. The van der Waals surface area contributed by atoms with Crippen LogP contribution in [0.4, 0.5) is 0 Å². The Morgan fingerprint density at radius 3 is 2.57 bits per heavy atom. The molecule has 6 nitrogen and oxygen atoms in total. The minimum atomic E-state index is 0. The van der Waals surface area contributed by atoms with Crippen LogP contribution in [0.1, 0.15) is 29.2 Å². The lowest BCUT2D eigenvalue weighted by molar-refractivity contribution is 0.223. The zero-order valence-electron chi connectivity index (χ0n) is 16.6. The van der Waals surface area contributed by atoms with Gasteiger partial charge in [0.05, 0.1) is 6.61 Å². The zero-order chi connectivity index (χ0) is 19.5. The quantitative estimate of drug-likeness (QED) is 0.281. The molecule has 0 aliphatic carbocycles. The van der Waals surface area contributed by atoms with E-state index in [0.717, 1.165) is 47.4 Å². The zero-order valence-corrected chi connectivity index (χ0v) is 18.2. The monoisotopic (exact) mass is 450 g/mol. The summed E-state index contributed by atoms with van der Waals surface area (Å²) in [6, 6.07) is 15.8. The Balaban J connectivity index is 0.00000160. The van der Waals surface area contributed by atoms with Gasteiger partial charge in [-0.1, -0.05) is 24.3 Å². The number of ether oxygens (including phenoxy) is 1. The molecule has 1 aromatic heterocycles. The van der Waals surface area contributed by atoms with Crippen molar-refractivity contribution in [1.82, 2.24) is 10.3 Å². The van der Waals surface area contributed by atoms with Gasteiger partial charge in [0.1, 0.15) is 17.7 Å². The first-order chi connectivity index (χ1) is 13.6. The van der Waals surface area contributed by atoms with Crippen LogP contribution in [0.3, 0.4) is 0 Å². The standard InChI is InChI=1S/C22H26N4O2.2ClH/c23-22(24)16-2-1-15-9-18(26-21(15)11-16)10-17(13-27)14-3-5-19(6-4-14)28-20-7-8-25-12-20;;/h1-6,9,11,17,20,25-27H,7-8,10,12-13H2,(H3,23,24);2*1H/t17?,20-;;/m0../s1. The lowest BCUT2D eigenvalue weighted by Gasteiger charge is -2.16. The summed E-state index contributed by atoms with van der Waals surface area (Å²) < 4.78 is 5.97. The van der Waals surface area contributed by atoms with E-state index < -0.39 is 0 Å². The van der Waals surface area contributed by atoms with E-state index in [1.807, 2.05) is 42.5 Å². The lowest BCUT2D eigenvalue weighted by Crippen LogP contribution is -2.19. The SMILES string of the molecule is Cl.Cl.N=C(N)c1ccc2cc(CC(CO)c3ccc(O[C@H]4CCNC4)cc3)[nH]c2c1. The smallest absolute Gasteiger partial charge is 0.122 e. The van der Waals surface area contributed by atoms with Gasteiger partial charge in [-0.2, -0.15) is 0 Å². The minimum absolute atomic E-state index is 0. The number of aliphatic hydroxyl groups is 1. The fourth-order valence-electron chi connectivity index (χ4n) is 3.76. The fraction of sp³-hybridized carbons (Fsp3) is 0.318. The van der Waals surface area contributed by atoms with E-state index in [1.165, 1.54) is 0 Å². The second kappa shape index (κ2) is 10.7. The predicted octanol–water partition coefficient (Wildman–Crippen LogP) is 3.35. The summed E-state index contributed by atoms with van der Waals surface area (Å²) in [5.41, 5.74) is 9.36. The van der Waals surface area contributed by atoms with Crippen molar-refractivity contribution in [2.24, 2.45) is 5.73 Å². The molecule has 3 aromatic rings. The van der Waals surface area contributed by atoms with Gasteiger partial charge < -0.3 is 25.9 Å². The van der Waals surface area contributed by atoms with E-state index in [2.05, 4.69) is 16.4 Å². The van der Waals surface area contributed by atoms with Gasteiger partial charge in [-0.15, -0.1) is 24.8 Å². The molecule has 1 fully saturated rings. The number of H-pyrrole nitrogens is 1. The van der Waals surface area contributed by atoms with Crippen molar-refractivity contribution >= 4 is 41.6 Å². The number of nitrogens with two attached hydrogens (primary N) is 1. The Morgan fingerprint density at radius 2 is 1.93 bits per heavy atom. The number of halogens is 2. The van der Waals surface area contributed by atoms with Gasteiger partial charge in [0.15, 0.2) is 0 Å². The van der Waals surface area contributed by atoms with Crippen molar-refractivity contribution < 1.29 is 9.84 Å². The number of amidine groups is 1. The molecule has 162 valence electrons. The molecular weight excluding hydrogens is 423 g/mol. The minimum Gasteiger partial charge on any atom is -0.489 e. The molecule has 6 N–H and O–H groups in total. The van der Waals surface area contributed by atoms with Crippen LogP contribution in [0.5, 0.6) is 5.75 Å². The molecule has 0 spiro atoms. The van der Waals surface area contributed by atoms with Gasteiger partial charge in [0, 0.05) is 29.2 Å². The normalized spacial score (nSPS) is 16.5. The highest BCUT2D eigenvalue weighted by Crippen LogP contribution is 2.26. The lowest BCUT2D eigenvalue weighted by atomic mass is 9.95. The Morgan fingerprint density at radius 1 is 1.17 bits per heavy atom. The molecule has 2 aromatic carbocycles. The molecule has 1 aliphatic rings. The van der Waals surface area contributed by atoms with Crippen LogP contribution in [0.15, 0.2) is 48.5 Å². The molecule has 4 rings (SSSR count). The van der Waals surface area contributed by atoms with Crippen LogP contribution in [-0.4, -0.2) is 41.7 Å². The van der Waals surface area contributed by atoms with Crippen molar-refractivity contribution in [3.05, 3.63) is 65.4 Å². The average Bonchev–Trinajstić information content (AvgIpc) is 3.35. The number of hydrogen-bond acceptors (Lipinski definition) is 4. The summed E-state index contributed by atoms with van der Waals surface area (Å²) in [4.78, 5) is 3.39.